The van der Waals surface area contributed by atoms with E-state index in [4.69, 9.17) is 10.8 Å². The second kappa shape index (κ2) is 5.65. The first kappa shape index (κ1) is 13.6. The Morgan fingerprint density at radius 3 is 2.62 bits per heavy atom. The molecule has 2 atom stereocenters. The Labute approximate surface area is 128 Å². The van der Waals surface area contributed by atoms with Gasteiger partial charge in [-0.2, -0.15) is 9.61 Å². The first-order valence-electron chi connectivity index (χ1n) is 8.29. The van der Waals surface area contributed by atoms with Crippen molar-refractivity contribution in [3.05, 3.63) is 10.8 Å². The van der Waals surface area contributed by atoms with Gasteiger partial charge in [-0.3, -0.25) is 0 Å². The molecule has 4 rings (SSSR count). The molecule has 5 nitrogen and oxygen atoms in total. The fourth-order valence-corrected chi connectivity index (χ4v) is 5.12. The van der Waals surface area contributed by atoms with Crippen molar-refractivity contribution >= 4 is 16.3 Å². The number of nitrogens with zero attached hydrogens (tertiary/aromatic N) is 4. The molecule has 0 amide bonds. The van der Waals surface area contributed by atoms with E-state index in [9.17, 15) is 0 Å². The van der Waals surface area contributed by atoms with E-state index in [1.165, 1.54) is 56.4 Å². The maximum absolute atomic E-state index is 5.97. The summed E-state index contributed by atoms with van der Waals surface area (Å²) in [5, 5.41) is 14.9. The van der Waals surface area contributed by atoms with Crippen molar-refractivity contribution < 1.29 is 0 Å². The van der Waals surface area contributed by atoms with Crippen LogP contribution >= 0.6 is 11.3 Å². The summed E-state index contributed by atoms with van der Waals surface area (Å²) < 4.78 is 2.03. The Kier molecular flexibility index (Phi) is 3.67. The number of fused-ring (bicyclic) bond motifs is 1. The summed E-state index contributed by atoms with van der Waals surface area (Å²) in [6.45, 7) is 0.778. The Bertz CT molecular complexity index is 613. The topological polar surface area (TPSA) is 69.1 Å². The van der Waals surface area contributed by atoms with Crippen LogP contribution < -0.4 is 5.73 Å². The first-order chi connectivity index (χ1) is 10.4. The van der Waals surface area contributed by atoms with Crippen molar-refractivity contribution in [3.63, 3.8) is 0 Å². The lowest BCUT2D eigenvalue weighted by Crippen LogP contribution is -2.25. The van der Waals surface area contributed by atoms with E-state index < -0.39 is 0 Å². The van der Waals surface area contributed by atoms with Gasteiger partial charge in [0.1, 0.15) is 5.01 Å². The predicted molar refractivity (Wildman–Crippen MR) is 83.6 cm³/mol. The molecule has 0 aromatic carbocycles. The summed E-state index contributed by atoms with van der Waals surface area (Å²) in [4.78, 5) is 0.966. The second-order valence-electron chi connectivity index (χ2n) is 6.56. The van der Waals surface area contributed by atoms with Gasteiger partial charge in [0.25, 0.3) is 0 Å². The maximum atomic E-state index is 5.97. The molecule has 2 aromatic heterocycles. The molecule has 0 radical (unpaired) electrons. The van der Waals surface area contributed by atoms with E-state index in [1.807, 2.05) is 4.52 Å². The predicted octanol–water partition coefficient (Wildman–Crippen LogP) is 3.08. The lowest BCUT2D eigenvalue weighted by molar-refractivity contribution is 0.312. The molecule has 2 aliphatic carbocycles. The zero-order chi connectivity index (χ0) is 14.2. The van der Waals surface area contributed by atoms with E-state index >= 15 is 0 Å². The lowest BCUT2D eigenvalue weighted by atomic mass is 9.80. The fraction of sp³-hybridized carbons (Fsp3) is 0.800. The van der Waals surface area contributed by atoms with Gasteiger partial charge in [0.05, 0.1) is 0 Å². The average Bonchev–Trinajstić information content (AvgIpc) is 3.23. The molecule has 2 saturated carbocycles. The van der Waals surface area contributed by atoms with Crippen LogP contribution in [-0.2, 0) is 0 Å². The summed E-state index contributed by atoms with van der Waals surface area (Å²) in [6, 6.07) is 0. The van der Waals surface area contributed by atoms with Crippen LogP contribution in [0.15, 0.2) is 0 Å². The third kappa shape index (κ3) is 2.38. The fourth-order valence-electron chi connectivity index (χ4n) is 4.05. The minimum atomic E-state index is 0.534. The molecule has 0 bridgehead atoms. The van der Waals surface area contributed by atoms with Crippen molar-refractivity contribution in [2.45, 2.75) is 63.2 Å². The van der Waals surface area contributed by atoms with E-state index in [-0.39, 0.29) is 0 Å². The molecule has 2 aliphatic rings. The van der Waals surface area contributed by atoms with E-state index in [0.717, 1.165) is 17.3 Å². The zero-order valence-electron chi connectivity index (χ0n) is 12.4. The van der Waals surface area contributed by atoms with Crippen molar-refractivity contribution in [2.24, 2.45) is 11.7 Å². The van der Waals surface area contributed by atoms with Crippen molar-refractivity contribution in [1.29, 1.82) is 0 Å². The Hall–Kier alpha value is -1.01. The summed E-state index contributed by atoms with van der Waals surface area (Å²) in [5.74, 6) is 2.78. The third-order valence-electron chi connectivity index (χ3n) is 5.28. The minimum Gasteiger partial charge on any atom is -0.330 e. The zero-order valence-corrected chi connectivity index (χ0v) is 13.2. The van der Waals surface area contributed by atoms with E-state index in [1.54, 1.807) is 11.3 Å². The van der Waals surface area contributed by atoms with Crippen LogP contribution in [0.1, 0.15) is 74.0 Å². The molecule has 2 fully saturated rings. The Morgan fingerprint density at radius 1 is 1.05 bits per heavy atom. The number of nitrogens with two attached hydrogens (primary N) is 1. The molecule has 2 aromatic rings. The van der Waals surface area contributed by atoms with Crippen LogP contribution in [-0.4, -0.2) is 26.4 Å². The van der Waals surface area contributed by atoms with Crippen LogP contribution in [0.5, 0.6) is 0 Å². The summed E-state index contributed by atoms with van der Waals surface area (Å²) in [6.07, 6.45) is 10.2. The van der Waals surface area contributed by atoms with Gasteiger partial charge in [-0.05, 0) is 38.1 Å². The molecule has 0 saturated heterocycles. The van der Waals surface area contributed by atoms with Gasteiger partial charge >= 0.3 is 0 Å². The number of hydrogen-bond donors (Lipinski definition) is 1. The van der Waals surface area contributed by atoms with E-state index in [2.05, 4.69) is 10.2 Å². The monoisotopic (exact) mass is 305 g/mol. The number of aromatic nitrogens is 4. The molecule has 2 unspecified atom stereocenters. The highest BCUT2D eigenvalue weighted by molar-refractivity contribution is 7.16. The lowest BCUT2D eigenvalue weighted by Gasteiger charge is -2.28. The number of hydrogen-bond acceptors (Lipinski definition) is 5. The highest BCUT2D eigenvalue weighted by Gasteiger charge is 2.30. The minimum absolute atomic E-state index is 0.534. The summed E-state index contributed by atoms with van der Waals surface area (Å²) >= 11 is 1.73. The molecule has 2 N–H and O–H groups in total. The van der Waals surface area contributed by atoms with Crippen LogP contribution in [0, 0.1) is 5.92 Å². The normalized spacial score (nSPS) is 27.7. The Morgan fingerprint density at radius 2 is 1.81 bits per heavy atom. The Balaban J connectivity index is 1.67. The van der Waals surface area contributed by atoms with Gasteiger partial charge in [0.2, 0.25) is 4.96 Å². The molecular weight excluding hydrogens is 282 g/mol. The second-order valence-corrected chi connectivity index (χ2v) is 7.55. The molecule has 2 heterocycles. The molecule has 6 heteroatoms. The smallest absolute Gasteiger partial charge is 0.234 e. The van der Waals surface area contributed by atoms with Crippen molar-refractivity contribution in [1.82, 2.24) is 19.8 Å². The molecule has 0 spiro atoms. The van der Waals surface area contributed by atoms with Gasteiger partial charge in [-0.25, -0.2) is 0 Å². The molecular formula is C15H23N5S. The highest BCUT2D eigenvalue weighted by atomic mass is 32.1. The summed E-state index contributed by atoms with van der Waals surface area (Å²) in [5.41, 5.74) is 5.97. The quantitative estimate of drug-likeness (QED) is 0.946. The number of rotatable bonds is 3. The third-order valence-corrected chi connectivity index (χ3v) is 6.31. The summed E-state index contributed by atoms with van der Waals surface area (Å²) in [7, 11) is 0. The van der Waals surface area contributed by atoms with Crippen LogP contribution in [0.4, 0.5) is 0 Å². The SMILES string of the molecule is NCC1CCCCC1c1nn2c(C3CCCC3)nnc2s1. The van der Waals surface area contributed by atoms with Crippen LogP contribution in [0.25, 0.3) is 4.96 Å². The molecule has 0 aliphatic heterocycles. The standard InChI is InChI=1S/C15H23N5S/c16-9-11-7-3-4-8-12(11)14-19-20-13(10-5-1-2-6-10)17-18-15(20)21-14/h10-12H,1-9,16H2. The van der Waals surface area contributed by atoms with Crippen LogP contribution in [0.2, 0.25) is 0 Å². The molecule has 21 heavy (non-hydrogen) atoms. The maximum Gasteiger partial charge on any atom is 0.234 e. The largest absolute Gasteiger partial charge is 0.330 e. The van der Waals surface area contributed by atoms with Crippen LogP contribution in [0.3, 0.4) is 0 Å². The van der Waals surface area contributed by atoms with E-state index in [0.29, 0.717) is 17.8 Å². The molecule has 114 valence electrons. The first-order valence-corrected chi connectivity index (χ1v) is 9.10. The van der Waals surface area contributed by atoms with Gasteiger partial charge in [0, 0.05) is 11.8 Å². The van der Waals surface area contributed by atoms with Crippen molar-refractivity contribution in [3.8, 4) is 0 Å². The van der Waals surface area contributed by atoms with Gasteiger partial charge in [-0.15, -0.1) is 10.2 Å². The average molecular weight is 305 g/mol. The van der Waals surface area contributed by atoms with Gasteiger partial charge in [0.15, 0.2) is 5.82 Å². The van der Waals surface area contributed by atoms with Crippen molar-refractivity contribution in [2.75, 3.05) is 6.54 Å². The highest BCUT2D eigenvalue weighted by Crippen LogP contribution is 2.40. The van der Waals surface area contributed by atoms with Gasteiger partial charge < -0.3 is 5.73 Å². The van der Waals surface area contributed by atoms with Gasteiger partial charge in [-0.1, -0.05) is 37.0 Å².